The third kappa shape index (κ3) is 14.7. The van der Waals surface area contributed by atoms with E-state index in [9.17, 15) is 30.0 Å². The summed E-state index contributed by atoms with van der Waals surface area (Å²) < 4.78 is 21.7. The Balaban J connectivity index is 2.53. The Hall–Kier alpha value is -1.30. The predicted molar refractivity (Wildman–Crippen MR) is 141 cm³/mol. The molecule has 38 heavy (non-hydrogen) atoms. The van der Waals surface area contributed by atoms with Gasteiger partial charge in [-0.3, -0.25) is 9.59 Å². The van der Waals surface area contributed by atoms with E-state index in [1.807, 2.05) is 0 Å². The van der Waals surface area contributed by atoms with E-state index in [0.29, 0.717) is 6.42 Å². The molecule has 224 valence electrons. The highest BCUT2D eigenvalue weighted by atomic mass is 16.7. The molecule has 0 aromatic carbocycles. The maximum atomic E-state index is 12.4. The van der Waals surface area contributed by atoms with Gasteiger partial charge in [-0.25, -0.2) is 0 Å². The summed E-state index contributed by atoms with van der Waals surface area (Å²) in [6, 6.07) is 0. The lowest BCUT2D eigenvalue weighted by Crippen LogP contribution is -2.59. The van der Waals surface area contributed by atoms with Crippen molar-refractivity contribution in [1.82, 2.24) is 0 Å². The monoisotopic (exact) mass is 548 g/mol. The summed E-state index contributed by atoms with van der Waals surface area (Å²) >= 11 is 0. The van der Waals surface area contributed by atoms with Gasteiger partial charge in [-0.15, -0.1) is 0 Å². The first-order chi connectivity index (χ1) is 18.3. The molecular weight excluding hydrogens is 496 g/mol. The molecule has 6 atom stereocenters. The van der Waals surface area contributed by atoms with Crippen molar-refractivity contribution >= 4 is 11.9 Å². The zero-order valence-corrected chi connectivity index (χ0v) is 23.4. The van der Waals surface area contributed by atoms with Gasteiger partial charge in [0.25, 0.3) is 0 Å². The van der Waals surface area contributed by atoms with E-state index in [-0.39, 0.29) is 26.1 Å². The molecule has 0 aromatic heterocycles. The minimum absolute atomic E-state index is 0.214. The molecule has 10 nitrogen and oxygen atoms in total. The standard InChI is InChI=1S/C28H52O10/c1-3-5-7-9-10-11-13-15-17-24(31)37-21(19-35-23(30)16-14-12-8-6-4-2)20-36-28-27(34)26(33)25(32)22(18-29)38-28/h21-22,25-29,32-34H,3-20H2,1-2H3. The molecule has 10 heteroatoms. The van der Waals surface area contributed by atoms with Gasteiger partial charge in [0.1, 0.15) is 31.0 Å². The normalized spacial score (nSPS) is 24.2. The molecule has 1 heterocycles. The van der Waals surface area contributed by atoms with Crippen molar-refractivity contribution < 1.29 is 49.0 Å². The Morgan fingerprint density at radius 3 is 1.79 bits per heavy atom. The molecule has 0 saturated carbocycles. The Labute approximate surface area is 228 Å². The number of carbonyl (C=O) groups excluding carboxylic acids is 2. The van der Waals surface area contributed by atoms with Crippen LogP contribution in [0.15, 0.2) is 0 Å². The number of ether oxygens (including phenoxy) is 4. The Morgan fingerprint density at radius 2 is 1.24 bits per heavy atom. The van der Waals surface area contributed by atoms with Crippen LogP contribution >= 0.6 is 0 Å². The molecule has 4 N–H and O–H groups in total. The first-order valence-electron chi connectivity index (χ1n) is 14.6. The Bertz CT molecular complexity index is 614. The van der Waals surface area contributed by atoms with Crippen LogP contribution in [0.1, 0.15) is 110 Å². The molecule has 1 saturated heterocycles. The van der Waals surface area contributed by atoms with Gasteiger partial charge in [0, 0.05) is 12.8 Å². The Kier molecular flexibility index (Phi) is 19.7. The molecule has 0 bridgehead atoms. The number of rotatable bonds is 22. The molecule has 6 unspecified atom stereocenters. The van der Waals surface area contributed by atoms with Crippen molar-refractivity contribution in [3.8, 4) is 0 Å². The zero-order valence-electron chi connectivity index (χ0n) is 23.4. The summed E-state index contributed by atoms with van der Waals surface area (Å²) in [5.41, 5.74) is 0. The maximum Gasteiger partial charge on any atom is 0.306 e. The van der Waals surface area contributed by atoms with Gasteiger partial charge in [-0.1, -0.05) is 84.5 Å². The van der Waals surface area contributed by atoms with Crippen molar-refractivity contribution in [2.75, 3.05) is 19.8 Å². The molecular formula is C28H52O10. The number of aliphatic hydroxyl groups is 4. The van der Waals surface area contributed by atoms with Crippen LogP contribution in [0.4, 0.5) is 0 Å². The summed E-state index contributed by atoms with van der Waals surface area (Å²) in [7, 11) is 0. The van der Waals surface area contributed by atoms with Crippen LogP contribution in [0, 0.1) is 0 Å². The van der Waals surface area contributed by atoms with E-state index in [2.05, 4.69) is 13.8 Å². The Morgan fingerprint density at radius 1 is 0.711 bits per heavy atom. The van der Waals surface area contributed by atoms with Gasteiger partial charge >= 0.3 is 11.9 Å². The number of carbonyl (C=O) groups is 2. The van der Waals surface area contributed by atoms with Gasteiger partial charge in [-0.2, -0.15) is 0 Å². The van der Waals surface area contributed by atoms with E-state index >= 15 is 0 Å². The molecule has 0 aromatic rings. The summed E-state index contributed by atoms with van der Waals surface area (Å²) in [5, 5.41) is 39.5. The van der Waals surface area contributed by atoms with Gasteiger partial charge in [0.2, 0.25) is 0 Å². The number of hydrogen-bond donors (Lipinski definition) is 4. The first-order valence-corrected chi connectivity index (χ1v) is 14.6. The highest BCUT2D eigenvalue weighted by Gasteiger charge is 2.44. The lowest BCUT2D eigenvalue weighted by atomic mass is 9.99. The molecule has 1 rings (SSSR count). The third-order valence-corrected chi connectivity index (χ3v) is 6.74. The largest absolute Gasteiger partial charge is 0.462 e. The van der Waals surface area contributed by atoms with Crippen molar-refractivity contribution in [2.24, 2.45) is 0 Å². The molecule has 1 fully saturated rings. The van der Waals surface area contributed by atoms with Crippen LogP contribution in [0.5, 0.6) is 0 Å². The van der Waals surface area contributed by atoms with Gasteiger partial charge in [-0.05, 0) is 12.8 Å². The molecule has 0 radical (unpaired) electrons. The molecule has 0 spiro atoms. The van der Waals surface area contributed by atoms with Crippen molar-refractivity contribution in [3.05, 3.63) is 0 Å². The second-order valence-corrected chi connectivity index (χ2v) is 10.2. The minimum atomic E-state index is -1.58. The number of aliphatic hydroxyl groups excluding tert-OH is 4. The van der Waals surface area contributed by atoms with Crippen LogP contribution in [0.3, 0.4) is 0 Å². The van der Waals surface area contributed by atoms with E-state index in [4.69, 9.17) is 18.9 Å². The summed E-state index contributed by atoms with van der Waals surface area (Å²) in [4.78, 5) is 24.6. The highest BCUT2D eigenvalue weighted by molar-refractivity contribution is 5.70. The number of unbranched alkanes of at least 4 members (excludes halogenated alkanes) is 11. The topological polar surface area (TPSA) is 152 Å². The lowest BCUT2D eigenvalue weighted by Gasteiger charge is -2.39. The summed E-state index contributed by atoms with van der Waals surface area (Å²) in [6.45, 7) is 3.24. The molecule has 0 amide bonds. The lowest BCUT2D eigenvalue weighted by molar-refractivity contribution is -0.305. The van der Waals surface area contributed by atoms with Crippen LogP contribution in [-0.4, -0.2) is 89.0 Å². The smallest absolute Gasteiger partial charge is 0.306 e. The van der Waals surface area contributed by atoms with Gasteiger partial charge in [0.15, 0.2) is 12.4 Å². The molecule has 0 aliphatic carbocycles. The average Bonchev–Trinajstić information content (AvgIpc) is 2.91. The van der Waals surface area contributed by atoms with Crippen LogP contribution in [0.2, 0.25) is 0 Å². The summed E-state index contributed by atoms with van der Waals surface area (Å²) in [6.07, 6.45) is 6.15. The number of esters is 2. The van der Waals surface area contributed by atoms with Crippen molar-refractivity contribution in [1.29, 1.82) is 0 Å². The fraction of sp³-hybridized carbons (Fsp3) is 0.929. The average molecular weight is 549 g/mol. The quantitative estimate of drug-likeness (QED) is 0.117. The zero-order chi connectivity index (χ0) is 28.2. The number of hydrogen-bond acceptors (Lipinski definition) is 10. The van der Waals surface area contributed by atoms with E-state index in [0.717, 1.165) is 51.4 Å². The van der Waals surface area contributed by atoms with Crippen molar-refractivity contribution in [2.45, 2.75) is 147 Å². The SMILES string of the molecule is CCCCCCCCCCC(=O)OC(COC(=O)CCCCCCC)COC1OC(CO)C(O)C(O)C1O. The fourth-order valence-electron chi connectivity index (χ4n) is 4.30. The van der Waals surface area contributed by atoms with Crippen LogP contribution < -0.4 is 0 Å². The van der Waals surface area contributed by atoms with Crippen LogP contribution in [-0.2, 0) is 28.5 Å². The molecule has 1 aliphatic heterocycles. The second kappa shape index (κ2) is 21.5. The highest BCUT2D eigenvalue weighted by Crippen LogP contribution is 2.22. The molecule has 1 aliphatic rings. The third-order valence-electron chi connectivity index (χ3n) is 6.74. The van der Waals surface area contributed by atoms with Crippen molar-refractivity contribution in [3.63, 3.8) is 0 Å². The van der Waals surface area contributed by atoms with Crippen LogP contribution in [0.25, 0.3) is 0 Å². The predicted octanol–water partition coefficient (Wildman–Crippen LogP) is 3.15. The fourth-order valence-corrected chi connectivity index (χ4v) is 4.30. The van der Waals surface area contributed by atoms with Gasteiger partial charge in [0.05, 0.1) is 13.2 Å². The first kappa shape index (κ1) is 34.7. The maximum absolute atomic E-state index is 12.4. The minimum Gasteiger partial charge on any atom is -0.462 e. The van der Waals surface area contributed by atoms with Gasteiger partial charge < -0.3 is 39.4 Å². The second-order valence-electron chi connectivity index (χ2n) is 10.2. The van der Waals surface area contributed by atoms with E-state index in [1.54, 1.807) is 0 Å². The summed E-state index contributed by atoms with van der Waals surface area (Å²) in [5.74, 6) is -0.826. The van der Waals surface area contributed by atoms with E-state index in [1.165, 1.54) is 25.7 Å². The van der Waals surface area contributed by atoms with E-state index < -0.39 is 55.4 Å².